The molecular formula is C17H19NS. The molecule has 0 spiro atoms. The lowest BCUT2D eigenvalue weighted by Gasteiger charge is -2.30. The second-order valence-electron chi connectivity index (χ2n) is 5.30. The van der Waals surface area contributed by atoms with E-state index >= 15 is 0 Å². The highest BCUT2D eigenvalue weighted by atomic mass is 32.1. The molecule has 3 rings (SSSR count). The number of thiophene rings is 1. The van der Waals surface area contributed by atoms with Crippen LogP contribution in [-0.2, 0) is 6.54 Å². The molecule has 1 aliphatic rings. The molecule has 0 bridgehead atoms. The molecule has 0 amide bonds. The summed E-state index contributed by atoms with van der Waals surface area (Å²) in [4.78, 5) is 3.97. The lowest BCUT2D eigenvalue weighted by molar-refractivity contribution is 0.264. The second-order valence-corrected chi connectivity index (χ2v) is 6.25. The number of hydrogen-bond donors (Lipinski definition) is 0. The number of rotatable bonds is 3. The minimum absolute atomic E-state index is 0.634. The molecule has 0 saturated heterocycles. The average molecular weight is 269 g/mol. The van der Waals surface area contributed by atoms with Crippen LogP contribution in [0.15, 0.2) is 53.9 Å². The van der Waals surface area contributed by atoms with Crippen molar-refractivity contribution < 1.29 is 0 Å². The Balaban J connectivity index is 1.74. The van der Waals surface area contributed by atoms with E-state index in [-0.39, 0.29) is 0 Å². The van der Waals surface area contributed by atoms with Crippen LogP contribution in [0.1, 0.15) is 17.4 Å². The smallest absolute Gasteiger partial charge is 0.0312 e. The molecule has 2 heteroatoms. The monoisotopic (exact) mass is 269 g/mol. The van der Waals surface area contributed by atoms with Crippen molar-refractivity contribution in [3.8, 4) is 0 Å². The van der Waals surface area contributed by atoms with E-state index in [1.165, 1.54) is 16.0 Å². The van der Waals surface area contributed by atoms with Gasteiger partial charge in [0.1, 0.15) is 0 Å². The van der Waals surface area contributed by atoms with E-state index in [4.69, 9.17) is 0 Å². The van der Waals surface area contributed by atoms with Crippen LogP contribution in [0.4, 0.5) is 0 Å². The zero-order valence-corrected chi connectivity index (χ0v) is 12.1. The fraction of sp³-hybridized carbons (Fsp3) is 0.294. The van der Waals surface area contributed by atoms with Gasteiger partial charge < -0.3 is 0 Å². The lowest BCUT2D eigenvalue weighted by atomic mass is 10.00. The van der Waals surface area contributed by atoms with Crippen LogP contribution in [0, 0.1) is 5.92 Å². The van der Waals surface area contributed by atoms with Gasteiger partial charge in [-0.15, -0.1) is 11.3 Å². The van der Waals surface area contributed by atoms with Gasteiger partial charge in [0.2, 0.25) is 0 Å². The molecule has 1 aliphatic heterocycles. The fourth-order valence-electron chi connectivity index (χ4n) is 2.74. The first-order valence-electron chi connectivity index (χ1n) is 6.82. The van der Waals surface area contributed by atoms with Gasteiger partial charge in [0.25, 0.3) is 0 Å². The number of nitrogens with zero attached hydrogens (tertiary/aromatic N) is 1. The zero-order chi connectivity index (χ0) is 13.1. The molecular weight excluding hydrogens is 250 g/mol. The van der Waals surface area contributed by atoms with E-state index in [0.717, 1.165) is 19.6 Å². The summed E-state index contributed by atoms with van der Waals surface area (Å²) >= 11 is 1.84. The first-order valence-corrected chi connectivity index (χ1v) is 7.70. The summed E-state index contributed by atoms with van der Waals surface area (Å²) in [6.45, 7) is 5.59. The van der Waals surface area contributed by atoms with Crippen LogP contribution in [0.5, 0.6) is 0 Å². The van der Waals surface area contributed by atoms with Crippen molar-refractivity contribution >= 4 is 16.9 Å². The van der Waals surface area contributed by atoms with E-state index in [1.54, 1.807) is 0 Å². The topological polar surface area (TPSA) is 3.24 Å². The molecule has 1 nitrogen and oxygen atoms in total. The van der Waals surface area contributed by atoms with E-state index in [9.17, 15) is 0 Å². The molecule has 2 aromatic rings. The maximum absolute atomic E-state index is 2.55. The summed E-state index contributed by atoms with van der Waals surface area (Å²) in [5.74, 6) is 0.634. The Labute approximate surface area is 119 Å². The lowest BCUT2D eigenvalue weighted by Crippen LogP contribution is -2.32. The molecule has 1 aromatic heterocycles. The van der Waals surface area contributed by atoms with Crippen molar-refractivity contribution in [3.63, 3.8) is 0 Å². The maximum Gasteiger partial charge on any atom is 0.0312 e. The minimum atomic E-state index is 0.634. The molecule has 98 valence electrons. The highest BCUT2D eigenvalue weighted by molar-refractivity contribution is 7.11. The fourth-order valence-corrected chi connectivity index (χ4v) is 3.49. The van der Waals surface area contributed by atoms with Crippen LogP contribution in [0.3, 0.4) is 0 Å². The molecule has 0 N–H and O–H groups in total. The van der Waals surface area contributed by atoms with Gasteiger partial charge in [-0.1, -0.05) is 49.4 Å². The third-order valence-corrected chi connectivity index (χ3v) is 4.46. The van der Waals surface area contributed by atoms with Crippen LogP contribution in [0.25, 0.3) is 5.57 Å². The minimum Gasteiger partial charge on any atom is -0.294 e. The standard InChI is InChI=1S/C17H19NS/c1-14-10-16(17-8-5-9-19-17)13-18(11-14)12-15-6-3-2-4-7-15/h2-10,14H,11-13H2,1H3. The van der Waals surface area contributed by atoms with Gasteiger partial charge in [-0.25, -0.2) is 0 Å². The highest BCUT2D eigenvalue weighted by Gasteiger charge is 2.18. The van der Waals surface area contributed by atoms with Crippen molar-refractivity contribution in [2.75, 3.05) is 13.1 Å². The Hall–Kier alpha value is -1.38. The molecule has 0 aliphatic carbocycles. The van der Waals surface area contributed by atoms with Gasteiger partial charge in [0.15, 0.2) is 0 Å². The van der Waals surface area contributed by atoms with Crippen LogP contribution in [0.2, 0.25) is 0 Å². The Morgan fingerprint density at radius 2 is 2.00 bits per heavy atom. The maximum atomic E-state index is 2.55. The molecule has 0 saturated carbocycles. The van der Waals surface area contributed by atoms with Gasteiger partial charge in [-0.2, -0.15) is 0 Å². The van der Waals surface area contributed by atoms with Crippen molar-refractivity contribution in [1.82, 2.24) is 4.90 Å². The first-order chi connectivity index (χ1) is 9.31. The molecule has 0 radical (unpaired) electrons. The SMILES string of the molecule is CC1C=C(c2cccs2)CN(Cc2ccccc2)C1. The molecule has 1 aromatic carbocycles. The third-order valence-electron chi connectivity index (χ3n) is 3.51. The van der Waals surface area contributed by atoms with Crippen molar-refractivity contribution in [2.45, 2.75) is 13.5 Å². The van der Waals surface area contributed by atoms with Crippen LogP contribution in [-0.4, -0.2) is 18.0 Å². The van der Waals surface area contributed by atoms with E-state index in [2.05, 4.69) is 65.7 Å². The predicted molar refractivity (Wildman–Crippen MR) is 83.2 cm³/mol. The Morgan fingerprint density at radius 3 is 2.74 bits per heavy atom. The molecule has 1 atom stereocenters. The van der Waals surface area contributed by atoms with E-state index < -0.39 is 0 Å². The van der Waals surface area contributed by atoms with Gasteiger partial charge in [0, 0.05) is 24.5 Å². The first kappa shape index (κ1) is 12.6. The molecule has 0 fully saturated rings. The highest BCUT2D eigenvalue weighted by Crippen LogP contribution is 2.27. The van der Waals surface area contributed by atoms with Gasteiger partial charge in [-0.05, 0) is 28.5 Å². The molecule has 2 heterocycles. The van der Waals surface area contributed by atoms with Gasteiger partial charge in [-0.3, -0.25) is 4.90 Å². The van der Waals surface area contributed by atoms with Gasteiger partial charge >= 0.3 is 0 Å². The summed E-state index contributed by atoms with van der Waals surface area (Å²) in [7, 11) is 0. The Bertz CT molecular complexity index is 542. The second kappa shape index (κ2) is 5.72. The van der Waals surface area contributed by atoms with Gasteiger partial charge in [0.05, 0.1) is 0 Å². The Morgan fingerprint density at radius 1 is 1.16 bits per heavy atom. The van der Waals surface area contributed by atoms with E-state index in [0.29, 0.717) is 5.92 Å². The Kier molecular flexibility index (Phi) is 3.81. The molecule has 1 unspecified atom stereocenters. The van der Waals surface area contributed by atoms with Crippen LogP contribution < -0.4 is 0 Å². The summed E-state index contributed by atoms with van der Waals surface area (Å²) in [5.41, 5.74) is 2.90. The van der Waals surface area contributed by atoms with Crippen molar-refractivity contribution in [2.24, 2.45) is 5.92 Å². The predicted octanol–water partition coefficient (Wildman–Crippen LogP) is 4.28. The van der Waals surface area contributed by atoms with Crippen molar-refractivity contribution in [3.05, 3.63) is 64.4 Å². The summed E-state index contributed by atoms with van der Waals surface area (Å²) in [5, 5.41) is 2.16. The average Bonchev–Trinajstić information content (AvgIpc) is 2.93. The summed E-state index contributed by atoms with van der Waals surface area (Å²) in [6, 6.07) is 15.1. The number of benzene rings is 1. The van der Waals surface area contributed by atoms with E-state index in [1.807, 2.05) is 11.3 Å². The quantitative estimate of drug-likeness (QED) is 0.803. The number of hydrogen-bond acceptors (Lipinski definition) is 2. The van der Waals surface area contributed by atoms with Crippen LogP contribution >= 0.6 is 11.3 Å². The van der Waals surface area contributed by atoms with Crippen molar-refractivity contribution in [1.29, 1.82) is 0 Å². The normalized spacial score (nSPS) is 20.3. The zero-order valence-electron chi connectivity index (χ0n) is 11.3. The largest absolute Gasteiger partial charge is 0.294 e. The molecule has 19 heavy (non-hydrogen) atoms. The summed E-state index contributed by atoms with van der Waals surface area (Å²) < 4.78 is 0. The third kappa shape index (κ3) is 3.14. The summed E-state index contributed by atoms with van der Waals surface area (Å²) in [6.07, 6.45) is 2.44.